The second kappa shape index (κ2) is 9.98. The van der Waals surface area contributed by atoms with E-state index in [1.165, 1.54) is 11.8 Å². The lowest BCUT2D eigenvalue weighted by molar-refractivity contribution is -0.132. The van der Waals surface area contributed by atoms with Gasteiger partial charge in [0.05, 0.1) is 11.4 Å². The molecule has 0 radical (unpaired) electrons. The highest BCUT2D eigenvalue weighted by molar-refractivity contribution is 7.99. The minimum Gasteiger partial charge on any atom is -0.342 e. The van der Waals surface area contributed by atoms with Gasteiger partial charge >= 0.3 is 0 Å². The zero-order valence-corrected chi connectivity index (χ0v) is 18.4. The maximum atomic E-state index is 12.7. The molecule has 0 atom stereocenters. The van der Waals surface area contributed by atoms with Crippen molar-refractivity contribution in [3.8, 4) is 5.69 Å². The first-order valence-corrected chi connectivity index (χ1v) is 11.4. The monoisotopic (exact) mass is 455 g/mol. The van der Waals surface area contributed by atoms with Crippen molar-refractivity contribution in [2.24, 2.45) is 5.92 Å². The van der Waals surface area contributed by atoms with E-state index in [-0.39, 0.29) is 23.5 Å². The third-order valence-corrected chi connectivity index (χ3v) is 6.35. The number of amides is 2. The number of hydrogen-bond acceptors (Lipinski definition) is 5. The Morgan fingerprint density at radius 2 is 1.87 bits per heavy atom. The molecule has 31 heavy (non-hydrogen) atoms. The molecular formula is C22H22ClN5O2S. The third-order valence-electron chi connectivity index (χ3n) is 5.19. The van der Waals surface area contributed by atoms with Crippen molar-refractivity contribution in [2.45, 2.75) is 18.0 Å². The Balaban J connectivity index is 1.27. The third kappa shape index (κ3) is 5.45. The smallest absolute Gasteiger partial charge is 0.233 e. The average molecular weight is 456 g/mol. The van der Waals surface area contributed by atoms with Gasteiger partial charge in [-0.15, -0.1) is 10.2 Å². The molecule has 2 heterocycles. The van der Waals surface area contributed by atoms with Crippen molar-refractivity contribution in [2.75, 3.05) is 24.2 Å². The van der Waals surface area contributed by atoms with Crippen molar-refractivity contribution < 1.29 is 9.59 Å². The quantitative estimate of drug-likeness (QED) is 0.570. The van der Waals surface area contributed by atoms with Gasteiger partial charge in [0, 0.05) is 29.7 Å². The molecule has 0 unspecified atom stereocenters. The molecule has 1 saturated heterocycles. The maximum absolute atomic E-state index is 12.7. The van der Waals surface area contributed by atoms with Crippen molar-refractivity contribution in [3.63, 3.8) is 0 Å². The van der Waals surface area contributed by atoms with Crippen LogP contribution in [0.1, 0.15) is 12.8 Å². The minimum atomic E-state index is -0.0807. The number of carbonyl (C=O) groups excluding carboxylic acids is 2. The molecule has 1 aromatic heterocycles. The molecule has 1 aliphatic heterocycles. The number of para-hydroxylation sites is 1. The lowest BCUT2D eigenvalue weighted by atomic mass is 9.96. The van der Waals surface area contributed by atoms with Crippen LogP contribution < -0.4 is 5.32 Å². The van der Waals surface area contributed by atoms with Gasteiger partial charge in [-0.2, -0.15) is 0 Å². The average Bonchev–Trinajstić information content (AvgIpc) is 3.27. The van der Waals surface area contributed by atoms with Crippen LogP contribution in [0.25, 0.3) is 5.69 Å². The number of thioether (sulfide) groups is 1. The number of likely N-dealkylation sites (tertiary alicyclic amines) is 1. The molecule has 0 spiro atoms. The predicted molar refractivity (Wildman–Crippen MR) is 121 cm³/mol. The van der Waals surface area contributed by atoms with E-state index in [1.54, 1.807) is 12.4 Å². The second-order valence-corrected chi connectivity index (χ2v) is 8.64. The minimum absolute atomic E-state index is 0.0160. The van der Waals surface area contributed by atoms with Crippen LogP contribution in [0.4, 0.5) is 5.69 Å². The summed E-state index contributed by atoms with van der Waals surface area (Å²) in [6.45, 7) is 1.15. The number of nitrogens with zero attached hydrogens (tertiary/aromatic N) is 4. The number of anilines is 1. The number of benzene rings is 2. The van der Waals surface area contributed by atoms with Crippen molar-refractivity contribution >= 4 is 40.9 Å². The molecule has 0 saturated carbocycles. The lowest BCUT2D eigenvalue weighted by Crippen LogP contribution is -2.42. The molecular weight excluding hydrogens is 434 g/mol. The molecule has 160 valence electrons. The van der Waals surface area contributed by atoms with E-state index in [0.29, 0.717) is 36.1 Å². The van der Waals surface area contributed by atoms with E-state index in [0.717, 1.165) is 11.4 Å². The van der Waals surface area contributed by atoms with Gasteiger partial charge in [-0.05, 0) is 43.2 Å². The fourth-order valence-corrected chi connectivity index (χ4v) is 4.52. The molecule has 2 amide bonds. The Bertz CT molecular complexity index is 1050. The first kappa shape index (κ1) is 21.4. The Hall–Kier alpha value is -2.84. The van der Waals surface area contributed by atoms with Gasteiger partial charge < -0.3 is 10.2 Å². The Morgan fingerprint density at radius 1 is 1.10 bits per heavy atom. The molecule has 9 heteroatoms. The van der Waals surface area contributed by atoms with Gasteiger partial charge in [-0.1, -0.05) is 47.6 Å². The van der Waals surface area contributed by atoms with E-state index >= 15 is 0 Å². The fourth-order valence-electron chi connectivity index (χ4n) is 3.50. The number of nitrogens with one attached hydrogen (secondary N) is 1. The number of halogens is 1. The summed E-state index contributed by atoms with van der Waals surface area (Å²) in [7, 11) is 0. The molecule has 2 aromatic carbocycles. The largest absolute Gasteiger partial charge is 0.342 e. The van der Waals surface area contributed by atoms with Crippen LogP contribution in [-0.2, 0) is 9.59 Å². The maximum Gasteiger partial charge on any atom is 0.233 e. The summed E-state index contributed by atoms with van der Waals surface area (Å²) in [5.74, 6) is 0.234. The standard InChI is InChI=1S/C22H22ClN5O2S/c23-17-5-4-8-19(13-17)28-15-24-26-22(28)31-14-20(29)27-11-9-16(10-12-27)21(30)25-18-6-2-1-3-7-18/h1-8,13,15-16H,9-12,14H2,(H,25,30). The highest BCUT2D eigenvalue weighted by atomic mass is 35.5. The van der Waals surface area contributed by atoms with Crippen molar-refractivity contribution in [1.82, 2.24) is 19.7 Å². The fraction of sp³-hybridized carbons (Fsp3) is 0.273. The van der Waals surface area contributed by atoms with Crippen LogP contribution in [0, 0.1) is 5.92 Å². The second-order valence-electron chi connectivity index (χ2n) is 7.26. The number of aromatic nitrogens is 3. The van der Waals surface area contributed by atoms with Crippen LogP contribution in [0.15, 0.2) is 66.1 Å². The highest BCUT2D eigenvalue weighted by Crippen LogP contribution is 2.24. The van der Waals surface area contributed by atoms with Gasteiger partial charge in [-0.25, -0.2) is 0 Å². The van der Waals surface area contributed by atoms with E-state index in [9.17, 15) is 9.59 Å². The van der Waals surface area contributed by atoms with Gasteiger partial charge in [-0.3, -0.25) is 14.2 Å². The highest BCUT2D eigenvalue weighted by Gasteiger charge is 2.27. The van der Waals surface area contributed by atoms with Crippen molar-refractivity contribution in [1.29, 1.82) is 0 Å². The van der Waals surface area contributed by atoms with Crippen LogP contribution in [0.3, 0.4) is 0 Å². The van der Waals surface area contributed by atoms with E-state index in [2.05, 4.69) is 15.5 Å². The van der Waals surface area contributed by atoms with Gasteiger partial charge in [0.15, 0.2) is 5.16 Å². The number of carbonyl (C=O) groups is 2. The van der Waals surface area contributed by atoms with Gasteiger partial charge in [0.25, 0.3) is 0 Å². The Kier molecular flexibility index (Phi) is 6.89. The lowest BCUT2D eigenvalue weighted by Gasteiger charge is -2.31. The molecule has 1 N–H and O–H groups in total. The Morgan fingerprint density at radius 3 is 2.61 bits per heavy atom. The van der Waals surface area contributed by atoms with Crippen LogP contribution in [-0.4, -0.2) is 50.3 Å². The summed E-state index contributed by atoms with van der Waals surface area (Å²) < 4.78 is 1.81. The number of piperidine rings is 1. The van der Waals surface area contributed by atoms with Crippen molar-refractivity contribution in [3.05, 3.63) is 65.9 Å². The summed E-state index contributed by atoms with van der Waals surface area (Å²) in [5, 5.41) is 12.3. The summed E-state index contributed by atoms with van der Waals surface area (Å²) in [4.78, 5) is 27.0. The molecule has 1 aliphatic rings. The summed E-state index contributed by atoms with van der Waals surface area (Å²) >= 11 is 7.41. The Labute approximate surface area is 189 Å². The van der Waals surface area contributed by atoms with Gasteiger partial charge in [0.2, 0.25) is 11.8 Å². The SMILES string of the molecule is O=C(Nc1ccccc1)C1CCN(C(=O)CSc2nncn2-c2cccc(Cl)c2)CC1. The zero-order valence-electron chi connectivity index (χ0n) is 16.8. The normalized spacial score (nSPS) is 14.4. The molecule has 3 aromatic rings. The molecule has 7 nitrogen and oxygen atoms in total. The molecule has 0 bridgehead atoms. The van der Waals surface area contributed by atoms with Gasteiger partial charge in [0.1, 0.15) is 6.33 Å². The van der Waals surface area contributed by atoms with Crippen LogP contribution in [0.2, 0.25) is 5.02 Å². The first-order chi connectivity index (χ1) is 15.1. The van der Waals surface area contributed by atoms with Crippen LogP contribution >= 0.6 is 23.4 Å². The van der Waals surface area contributed by atoms with Crippen LogP contribution in [0.5, 0.6) is 0 Å². The number of rotatable bonds is 6. The van der Waals surface area contributed by atoms with E-state index in [1.807, 2.05) is 58.0 Å². The topological polar surface area (TPSA) is 80.1 Å². The summed E-state index contributed by atoms with van der Waals surface area (Å²) in [6, 6.07) is 16.8. The molecule has 0 aliphatic carbocycles. The van der Waals surface area contributed by atoms with E-state index < -0.39 is 0 Å². The zero-order chi connectivity index (χ0) is 21.6. The molecule has 1 fully saturated rings. The first-order valence-electron chi connectivity index (χ1n) is 10.0. The predicted octanol–water partition coefficient (Wildman–Crippen LogP) is 3.89. The number of hydrogen-bond donors (Lipinski definition) is 1. The van der Waals surface area contributed by atoms with E-state index in [4.69, 9.17) is 11.6 Å². The summed E-state index contributed by atoms with van der Waals surface area (Å²) in [6.07, 6.45) is 2.93. The summed E-state index contributed by atoms with van der Waals surface area (Å²) in [5.41, 5.74) is 1.64. The molecule has 4 rings (SSSR count).